The van der Waals surface area contributed by atoms with Crippen molar-refractivity contribution in [2.45, 2.75) is 38.6 Å². The minimum Gasteiger partial charge on any atom is -0.408 e. The molecule has 0 radical (unpaired) electrons. The van der Waals surface area contributed by atoms with E-state index in [4.69, 9.17) is 4.42 Å². The summed E-state index contributed by atoms with van der Waals surface area (Å²) in [7, 11) is -3.11. The van der Waals surface area contributed by atoms with E-state index in [9.17, 15) is 8.42 Å². The van der Waals surface area contributed by atoms with Gasteiger partial charge >= 0.3 is 6.01 Å². The van der Waals surface area contributed by atoms with E-state index in [0.717, 1.165) is 25.7 Å². The van der Waals surface area contributed by atoms with Gasteiger partial charge in [-0.15, -0.1) is 5.10 Å². The van der Waals surface area contributed by atoms with Crippen LogP contribution >= 0.6 is 0 Å². The lowest BCUT2D eigenvalue weighted by Crippen LogP contribution is -2.43. The fourth-order valence-corrected chi connectivity index (χ4v) is 3.63. The first-order chi connectivity index (χ1) is 8.97. The molecule has 1 unspecified atom stereocenters. The Hall–Kier alpha value is -1.15. The number of nitrogens with one attached hydrogen (secondary N) is 1. The number of nitrogens with zero attached hydrogens (tertiary/aromatic N) is 3. The van der Waals surface area contributed by atoms with Gasteiger partial charge in [0.25, 0.3) is 0 Å². The maximum absolute atomic E-state index is 11.7. The average Bonchev–Trinajstić information content (AvgIpc) is 2.74. The van der Waals surface area contributed by atoms with Gasteiger partial charge in [0, 0.05) is 26.1 Å². The molecule has 1 saturated heterocycles. The van der Waals surface area contributed by atoms with Crippen LogP contribution in [0.15, 0.2) is 4.42 Å². The van der Waals surface area contributed by atoms with E-state index in [-0.39, 0.29) is 6.04 Å². The van der Waals surface area contributed by atoms with Crippen LogP contribution in [0.1, 0.15) is 31.6 Å². The molecule has 0 aliphatic carbocycles. The van der Waals surface area contributed by atoms with Crippen LogP contribution in [0.3, 0.4) is 0 Å². The molecule has 19 heavy (non-hydrogen) atoms. The quantitative estimate of drug-likeness (QED) is 0.869. The lowest BCUT2D eigenvalue weighted by atomic mass is 10.0. The van der Waals surface area contributed by atoms with Crippen molar-refractivity contribution in [2.75, 3.05) is 24.7 Å². The van der Waals surface area contributed by atoms with Gasteiger partial charge in [-0.2, -0.15) is 4.31 Å². The van der Waals surface area contributed by atoms with E-state index in [2.05, 4.69) is 15.5 Å². The van der Waals surface area contributed by atoms with Crippen LogP contribution in [-0.2, 0) is 10.0 Å². The topological polar surface area (TPSA) is 88.3 Å². The van der Waals surface area contributed by atoms with Crippen molar-refractivity contribution in [1.29, 1.82) is 0 Å². The molecule has 7 nitrogen and oxygen atoms in total. The van der Waals surface area contributed by atoms with Gasteiger partial charge in [-0.05, 0) is 19.3 Å². The van der Waals surface area contributed by atoms with Gasteiger partial charge in [0.1, 0.15) is 0 Å². The van der Waals surface area contributed by atoms with E-state index < -0.39 is 10.0 Å². The summed E-state index contributed by atoms with van der Waals surface area (Å²) in [5, 5.41) is 10.6. The Kier molecular flexibility index (Phi) is 4.41. The van der Waals surface area contributed by atoms with Gasteiger partial charge in [0.15, 0.2) is 0 Å². The average molecular weight is 288 g/mol. The summed E-state index contributed by atoms with van der Waals surface area (Å²) in [4.78, 5) is 0. The summed E-state index contributed by atoms with van der Waals surface area (Å²) in [6.07, 6.45) is 4.96. The molecule has 2 rings (SSSR count). The zero-order chi connectivity index (χ0) is 13.9. The predicted molar refractivity (Wildman–Crippen MR) is 71.3 cm³/mol. The lowest BCUT2D eigenvalue weighted by Gasteiger charge is -2.33. The third-order valence-corrected chi connectivity index (χ3v) is 4.61. The Morgan fingerprint density at radius 1 is 1.42 bits per heavy atom. The van der Waals surface area contributed by atoms with Crippen LogP contribution < -0.4 is 5.32 Å². The predicted octanol–water partition coefficient (Wildman–Crippen LogP) is 0.994. The second-order valence-electron chi connectivity index (χ2n) is 4.86. The van der Waals surface area contributed by atoms with Gasteiger partial charge in [0.2, 0.25) is 15.9 Å². The first-order valence-electron chi connectivity index (χ1n) is 6.47. The van der Waals surface area contributed by atoms with E-state index in [1.54, 1.807) is 11.2 Å². The van der Waals surface area contributed by atoms with Crippen LogP contribution in [0.2, 0.25) is 0 Å². The Morgan fingerprint density at radius 2 is 2.21 bits per heavy atom. The molecule has 1 aliphatic heterocycles. The highest BCUT2D eigenvalue weighted by Gasteiger charge is 2.28. The Morgan fingerprint density at radius 3 is 2.84 bits per heavy atom. The first kappa shape index (κ1) is 14.3. The zero-order valence-corrected chi connectivity index (χ0v) is 12.1. The monoisotopic (exact) mass is 288 g/mol. The summed E-state index contributed by atoms with van der Waals surface area (Å²) in [5.74, 6) is 0.512. The first-order valence-corrected chi connectivity index (χ1v) is 8.32. The number of sulfonamides is 1. The van der Waals surface area contributed by atoms with Gasteiger partial charge in [-0.1, -0.05) is 11.5 Å². The van der Waals surface area contributed by atoms with Gasteiger partial charge < -0.3 is 9.73 Å². The normalized spacial score (nSPS) is 21.5. The van der Waals surface area contributed by atoms with E-state index in [1.165, 1.54) is 6.26 Å². The smallest absolute Gasteiger partial charge is 0.315 e. The second kappa shape index (κ2) is 5.87. The number of rotatable bonds is 5. The highest BCUT2D eigenvalue weighted by molar-refractivity contribution is 7.88. The minimum absolute atomic E-state index is 0.0697. The number of piperidine rings is 1. The van der Waals surface area contributed by atoms with E-state index in [0.29, 0.717) is 25.0 Å². The largest absolute Gasteiger partial charge is 0.408 e. The van der Waals surface area contributed by atoms with Crippen LogP contribution in [-0.4, -0.2) is 48.3 Å². The Bertz CT molecular complexity index is 514. The molecule has 0 saturated carbocycles. The molecular weight excluding hydrogens is 268 g/mol. The van der Waals surface area contributed by atoms with Crippen LogP contribution in [0, 0.1) is 6.92 Å². The lowest BCUT2D eigenvalue weighted by molar-refractivity contribution is 0.246. The third-order valence-electron chi connectivity index (χ3n) is 3.28. The highest BCUT2D eigenvalue weighted by atomic mass is 32.2. The molecule has 8 heteroatoms. The van der Waals surface area contributed by atoms with Crippen LogP contribution in [0.25, 0.3) is 0 Å². The Labute approximate surface area is 113 Å². The molecule has 1 aliphatic rings. The van der Waals surface area contributed by atoms with Crippen molar-refractivity contribution in [2.24, 2.45) is 0 Å². The molecule has 0 bridgehead atoms. The van der Waals surface area contributed by atoms with Crippen LogP contribution in [0.5, 0.6) is 0 Å². The number of anilines is 1. The second-order valence-corrected chi connectivity index (χ2v) is 6.80. The molecule has 1 aromatic rings. The summed E-state index contributed by atoms with van der Waals surface area (Å²) in [6.45, 7) is 2.98. The van der Waals surface area contributed by atoms with E-state index >= 15 is 0 Å². The number of hydrogen-bond donors (Lipinski definition) is 1. The number of hydrogen-bond acceptors (Lipinski definition) is 6. The zero-order valence-electron chi connectivity index (χ0n) is 11.3. The Balaban J connectivity index is 1.86. The molecule has 0 amide bonds. The standard InChI is InChI=1S/C11H20N4O3S/c1-9-13-14-11(18-9)12-7-6-10-5-3-4-8-15(10)19(2,16)17/h10H,3-8H2,1-2H3,(H,12,14). The molecule has 0 spiro atoms. The minimum atomic E-state index is -3.11. The van der Waals surface area contributed by atoms with Crippen molar-refractivity contribution in [3.63, 3.8) is 0 Å². The molecule has 1 atom stereocenters. The third kappa shape index (κ3) is 3.90. The van der Waals surface area contributed by atoms with Crippen molar-refractivity contribution < 1.29 is 12.8 Å². The highest BCUT2D eigenvalue weighted by Crippen LogP contribution is 2.22. The van der Waals surface area contributed by atoms with Gasteiger partial charge in [0.05, 0.1) is 6.26 Å². The van der Waals surface area contributed by atoms with Crippen molar-refractivity contribution in [3.8, 4) is 0 Å². The molecule has 1 fully saturated rings. The molecule has 108 valence electrons. The van der Waals surface area contributed by atoms with Crippen molar-refractivity contribution in [1.82, 2.24) is 14.5 Å². The fourth-order valence-electron chi connectivity index (χ4n) is 2.41. The van der Waals surface area contributed by atoms with Crippen molar-refractivity contribution >= 4 is 16.0 Å². The summed E-state index contributed by atoms with van der Waals surface area (Å²) < 4.78 is 30.2. The number of aryl methyl sites for hydroxylation is 1. The molecule has 0 aromatic carbocycles. The maximum atomic E-state index is 11.7. The van der Waals surface area contributed by atoms with Crippen molar-refractivity contribution in [3.05, 3.63) is 5.89 Å². The van der Waals surface area contributed by atoms with Gasteiger partial charge in [-0.3, -0.25) is 0 Å². The summed E-state index contributed by atoms with van der Waals surface area (Å²) >= 11 is 0. The molecule has 2 heterocycles. The number of aromatic nitrogens is 2. The van der Waals surface area contributed by atoms with Gasteiger partial charge in [-0.25, -0.2) is 8.42 Å². The van der Waals surface area contributed by atoms with Crippen LogP contribution in [0.4, 0.5) is 6.01 Å². The maximum Gasteiger partial charge on any atom is 0.315 e. The molecule has 1 N–H and O–H groups in total. The molecule has 1 aromatic heterocycles. The fraction of sp³-hybridized carbons (Fsp3) is 0.818. The summed E-state index contributed by atoms with van der Waals surface area (Å²) in [5.41, 5.74) is 0. The van der Waals surface area contributed by atoms with E-state index in [1.807, 2.05) is 0 Å². The molecular formula is C11H20N4O3S. The SMILES string of the molecule is Cc1nnc(NCCC2CCCCN2S(C)(=O)=O)o1. The summed E-state index contributed by atoms with van der Waals surface area (Å²) in [6, 6.07) is 0.458.